The highest BCUT2D eigenvalue weighted by Gasteiger charge is 2.27. The van der Waals surface area contributed by atoms with Crippen LogP contribution in [0.25, 0.3) is 0 Å². The van der Waals surface area contributed by atoms with Crippen LogP contribution in [0, 0.1) is 12.8 Å². The molecule has 2 rings (SSSR count). The minimum absolute atomic E-state index is 0.283. The van der Waals surface area contributed by atoms with E-state index in [1.807, 2.05) is 6.20 Å². The molecule has 20 heavy (non-hydrogen) atoms. The van der Waals surface area contributed by atoms with Crippen molar-refractivity contribution in [3.8, 4) is 0 Å². The zero-order valence-corrected chi connectivity index (χ0v) is 13.0. The van der Waals surface area contributed by atoms with Gasteiger partial charge in [-0.25, -0.2) is 4.98 Å². The van der Waals surface area contributed by atoms with Gasteiger partial charge in [-0.2, -0.15) is 4.98 Å². The van der Waals surface area contributed by atoms with Crippen molar-refractivity contribution >= 4 is 11.8 Å². The fourth-order valence-corrected chi connectivity index (χ4v) is 2.61. The summed E-state index contributed by atoms with van der Waals surface area (Å²) in [5.41, 5.74) is 1.12. The van der Waals surface area contributed by atoms with Gasteiger partial charge in [-0.1, -0.05) is 13.8 Å². The number of hydrogen-bond donors (Lipinski definition) is 1. The van der Waals surface area contributed by atoms with E-state index in [0.29, 0.717) is 5.92 Å². The van der Waals surface area contributed by atoms with E-state index in [2.05, 4.69) is 41.0 Å². The standard InChI is InChI=1S/C15H26N4O/c1-5-7-16-15-17-9-12(3)14(18-15)19-8-6-11(2)13(10-19)20-4/h9,11,13H,5-8,10H2,1-4H3,(H,16,17,18). The van der Waals surface area contributed by atoms with Crippen LogP contribution in [0.1, 0.15) is 32.3 Å². The molecule has 1 N–H and O–H groups in total. The largest absolute Gasteiger partial charge is 0.379 e. The van der Waals surface area contributed by atoms with Crippen LogP contribution < -0.4 is 10.2 Å². The molecule has 1 saturated heterocycles. The van der Waals surface area contributed by atoms with E-state index in [9.17, 15) is 0 Å². The molecule has 1 aliphatic heterocycles. The van der Waals surface area contributed by atoms with Crippen LogP contribution in [0.4, 0.5) is 11.8 Å². The van der Waals surface area contributed by atoms with Crippen LogP contribution in [0.2, 0.25) is 0 Å². The molecule has 2 heterocycles. The van der Waals surface area contributed by atoms with Gasteiger partial charge in [-0.05, 0) is 25.7 Å². The fourth-order valence-electron chi connectivity index (χ4n) is 2.61. The molecule has 1 fully saturated rings. The minimum atomic E-state index is 0.283. The molecule has 0 aliphatic carbocycles. The van der Waals surface area contributed by atoms with Crippen LogP contribution in [-0.4, -0.2) is 42.8 Å². The summed E-state index contributed by atoms with van der Waals surface area (Å²) in [6.07, 6.45) is 4.39. The molecule has 0 saturated carbocycles. The Kier molecular flexibility index (Phi) is 5.17. The maximum atomic E-state index is 5.59. The average Bonchev–Trinajstić information content (AvgIpc) is 2.47. The first-order valence-corrected chi connectivity index (χ1v) is 7.51. The average molecular weight is 278 g/mol. The Hall–Kier alpha value is -1.36. The minimum Gasteiger partial charge on any atom is -0.379 e. The van der Waals surface area contributed by atoms with E-state index < -0.39 is 0 Å². The number of anilines is 2. The lowest BCUT2D eigenvalue weighted by Gasteiger charge is -2.37. The van der Waals surface area contributed by atoms with Crippen molar-refractivity contribution in [1.82, 2.24) is 9.97 Å². The first kappa shape index (κ1) is 15.0. The van der Waals surface area contributed by atoms with Crippen molar-refractivity contribution in [2.45, 2.75) is 39.7 Å². The Morgan fingerprint density at radius 1 is 1.50 bits per heavy atom. The molecule has 5 nitrogen and oxygen atoms in total. The van der Waals surface area contributed by atoms with Crippen molar-refractivity contribution in [1.29, 1.82) is 0 Å². The van der Waals surface area contributed by atoms with E-state index in [1.54, 1.807) is 7.11 Å². The van der Waals surface area contributed by atoms with Gasteiger partial charge >= 0.3 is 0 Å². The molecule has 0 amide bonds. The van der Waals surface area contributed by atoms with Crippen LogP contribution in [-0.2, 0) is 4.74 Å². The van der Waals surface area contributed by atoms with Crippen molar-refractivity contribution in [2.75, 3.05) is 37.0 Å². The summed E-state index contributed by atoms with van der Waals surface area (Å²) in [4.78, 5) is 11.3. The predicted octanol–water partition coefficient (Wildman–Crippen LogP) is 2.47. The van der Waals surface area contributed by atoms with Gasteiger partial charge in [-0.3, -0.25) is 0 Å². The van der Waals surface area contributed by atoms with E-state index in [0.717, 1.165) is 49.8 Å². The zero-order valence-electron chi connectivity index (χ0n) is 13.0. The lowest BCUT2D eigenvalue weighted by Crippen LogP contribution is -2.44. The van der Waals surface area contributed by atoms with Crippen LogP contribution in [0.15, 0.2) is 6.20 Å². The number of rotatable bonds is 5. The van der Waals surface area contributed by atoms with Crippen LogP contribution in [0.3, 0.4) is 0 Å². The number of ether oxygens (including phenoxy) is 1. The van der Waals surface area contributed by atoms with Gasteiger partial charge in [0, 0.05) is 38.5 Å². The second-order valence-corrected chi connectivity index (χ2v) is 5.61. The first-order valence-electron chi connectivity index (χ1n) is 7.51. The number of nitrogens with one attached hydrogen (secondary N) is 1. The maximum absolute atomic E-state index is 5.59. The summed E-state index contributed by atoms with van der Waals surface area (Å²) in [6, 6.07) is 0. The molecule has 1 aromatic heterocycles. The van der Waals surface area contributed by atoms with E-state index in [1.165, 1.54) is 0 Å². The van der Waals surface area contributed by atoms with E-state index >= 15 is 0 Å². The molecule has 0 aromatic carbocycles. The van der Waals surface area contributed by atoms with E-state index in [4.69, 9.17) is 4.74 Å². The Labute approximate surface area is 121 Å². The normalized spacial score (nSPS) is 22.9. The van der Waals surface area contributed by atoms with Gasteiger partial charge in [0.05, 0.1) is 6.10 Å². The Balaban J connectivity index is 2.14. The molecule has 2 atom stereocenters. The van der Waals surface area contributed by atoms with Gasteiger partial charge in [0.1, 0.15) is 5.82 Å². The summed E-state index contributed by atoms with van der Waals surface area (Å²) in [7, 11) is 1.80. The summed E-state index contributed by atoms with van der Waals surface area (Å²) in [5.74, 6) is 2.36. The number of aryl methyl sites for hydroxylation is 1. The third-order valence-electron chi connectivity index (χ3n) is 3.97. The second-order valence-electron chi connectivity index (χ2n) is 5.61. The highest BCUT2D eigenvalue weighted by Crippen LogP contribution is 2.26. The third-order valence-corrected chi connectivity index (χ3v) is 3.97. The summed E-state index contributed by atoms with van der Waals surface area (Å²) in [5, 5.41) is 3.25. The van der Waals surface area contributed by atoms with Crippen molar-refractivity contribution in [3.63, 3.8) is 0 Å². The number of aromatic nitrogens is 2. The number of methoxy groups -OCH3 is 1. The van der Waals surface area contributed by atoms with Crippen molar-refractivity contribution in [3.05, 3.63) is 11.8 Å². The molecule has 1 aliphatic rings. The third kappa shape index (κ3) is 3.39. The quantitative estimate of drug-likeness (QED) is 0.896. The predicted molar refractivity (Wildman–Crippen MR) is 82.3 cm³/mol. The SMILES string of the molecule is CCCNc1ncc(C)c(N2CCC(C)C(OC)C2)n1. The highest BCUT2D eigenvalue weighted by atomic mass is 16.5. The van der Waals surface area contributed by atoms with Gasteiger partial charge in [0.15, 0.2) is 0 Å². The number of hydrogen-bond acceptors (Lipinski definition) is 5. The van der Waals surface area contributed by atoms with E-state index in [-0.39, 0.29) is 6.10 Å². The molecular formula is C15H26N4O. The summed E-state index contributed by atoms with van der Waals surface area (Å²) >= 11 is 0. The van der Waals surface area contributed by atoms with Gasteiger partial charge < -0.3 is 15.0 Å². The van der Waals surface area contributed by atoms with Gasteiger partial charge in [-0.15, -0.1) is 0 Å². The lowest BCUT2D eigenvalue weighted by molar-refractivity contribution is 0.0496. The molecule has 0 bridgehead atoms. The first-order chi connectivity index (χ1) is 9.65. The smallest absolute Gasteiger partial charge is 0.224 e. The lowest BCUT2D eigenvalue weighted by atomic mass is 9.95. The Morgan fingerprint density at radius 2 is 2.30 bits per heavy atom. The molecule has 2 unspecified atom stereocenters. The maximum Gasteiger partial charge on any atom is 0.224 e. The van der Waals surface area contributed by atoms with Crippen LogP contribution >= 0.6 is 0 Å². The molecule has 5 heteroatoms. The highest BCUT2D eigenvalue weighted by molar-refractivity contribution is 5.49. The van der Waals surface area contributed by atoms with Crippen molar-refractivity contribution < 1.29 is 4.74 Å². The van der Waals surface area contributed by atoms with Gasteiger partial charge in [0.2, 0.25) is 5.95 Å². The Morgan fingerprint density at radius 3 is 3.00 bits per heavy atom. The molecule has 0 spiro atoms. The van der Waals surface area contributed by atoms with Crippen LogP contribution in [0.5, 0.6) is 0 Å². The van der Waals surface area contributed by atoms with Gasteiger partial charge in [0.25, 0.3) is 0 Å². The monoisotopic (exact) mass is 278 g/mol. The number of nitrogens with zero attached hydrogens (tertiary/aromatic N) is 3. The summed E-state index contributed by atoms with van der Waals surface area (Å²) in [6.45, 7) is 9.30. The van der Waals surface area contributed by atoms with Crippen molar-refractivity contribution in [2.24, 2.45) is 5.92 Å². The zero-order chi connectivity index (χ0) is 14.5. The molecule has 112 valence electrons. The molecule has 0 radical (unpaired) electrons. The molecular weight excluding hydrogens is 252 g/mol. The Bertz CT molecular complexity index is 438. The topological polar surface area (TPSA) is 50.3 Å². The fraction of sp³-hybridized carbons (Fsp3) is 0.733. The second kappa shape index (κ2) is 6.88. The summed E-state index contributed by atoms with van der Waals surface area (Å²) < 4.78 is 5.59. The molecule has 1 aromatic rings. The number of piperidine rings is 1.